The minimum atomic E-state index is -4.47. The lowest BCUT2D eigenvalue weighted by atomic mass is 10.3. The molecule has 0 aliphatic heterocycles. The number of carbonyl (C=O) groups excluding carboxylic acids is 1. The van der Waals surface area contributed by atoms with Crippen molar-refractivity contribution in [3.05, 3.63) is 42.2 Å². The van der Waals surface area contributed by atoms with Crippen LogP contribution in [0.15, 0.2) is 36.7 Å². The predicted octanol–water partition coefficient (Wildman–Crippen LogP) is 2.12. The fourth-order valence-corrected chi connectivity index (χ4v) is 1.56. The Kier molecular flexibility index (Phi) is 3.64. The number of nitrogens with zero attached hydrogens (tertiary/aromatic N) is 2. The standard InChI is InChI=1S/C12H11F3N4O/c13-12(14,15)8-5-17-19(6-8)7-11(20)18-10-3-1-2-9(16)4-10/h1-6H,7,16H2,(H,18,20). The van der Waals surface area contributed by atoms with E-state index in [4.69, 9.17) is 5.73 Å². The highest BCUT2D eigenvalue weighted by molar-refractivity contribution is 5.90. The minimum absolute atomic E-state index is 0.315. The molecule has 0 spiro atoms. The van der Waals surface area contributed by atoms with Crippen LogP contribution in [0.3, 0.4) is 0 Å². The molecule has 0 unspecified atom stereocenters. The summed E-state index contributed by atoms with van der Waals surface area (Å²) in [4.78, 5) is 11.7. The van der Waals surface area contributed by atoms with Gasteiger partial charge >= 0.3 is 6.18 Å². The molecule has 0 bridgehead atoms. The molecule has 2 rings (SSSR count). The van der Waals surface area contributed by atoms with Crippen molar-refractivity contribution in [2.45, 2.75) is 12.7 Å². The zero-order valence-corrected chi connectivity index (χ0v) is 10.2. The van der Waals surface area contributed by atoms with E-state index in [-0.39, 0.29) is 6.54 Å². The molecular formula is C12H11F3N4O. The van der Waals surface area contributed by atoms with Gasteiger partial charge in [-0.25, -0.2) is 0 Å². The van der Waals surface area contributed by atoms with E-state index >= 15 is 0 Å². The molecule has 0 atom stereocenters. The minimum Gasteiger partial charge on any atom is -0.399 e. The molecule has 0 saturated heterocycles. The Morgan fingerprint density at radius 2 is 2.15 bits per heavy atom. The topological polar surface area (TPSA) is 72.9 Å². The first-order valence-corrected chi connectivity index (χ1v) is 5.59. The number of carbonyl (C=O) groups is 1. The Morgan fingerprint density at radius 3 is 2.75 bits per heavy atom. The summed E-state index contributed by atoms with van der Waals surface area (Å²) in [6.07, 6.45) is -3.02. The Bertz CT molecular complexity index is 621. The Balaban J connectivity index is 2.00. The highest BCUT2D eigenvalue weighted by Gasteiger charge is 2.32. The molecule has 1 aromatic carbocycles. The summed E-state index contributed by atoms with van der Waals surface area (Å²) in [5.41, 5.74) is 5.59. The number of rotatable bonds is 3. The maximum atomic E-state index is 12.4. The predicted molar refractivity (Wildman–Crippen MR) is 66.7 cm³/mol. The van der Waals surface area contributed by atoms with Gasteiger partial charge in [-0.1, -0.05) is 6.07 Å². The van der Waals surface area contributed by atoms with E-state index in [9.17, 15) is 18.0 Å². The van der Waals surface area contributed by atoms with Crippen LogP contribution in [0.2, 0.25) is 0 Å². The number of aromatic nitrogens is 2. The van der Waals surface area contributed by atoms with E-state index in [1.165, 1.54) is 0 Å². The van der Waals surface area contributed by atoms with Gasteiger partial charge in [0.25, 0.3) is 0 Å². The summed E-state index contributed by atoms with van der Waals surface area (Å²) in [6, 6.07) is 6.47. The molecule has 20 heavy (non-hydrogen) atoms. The van der Waals surface area contributed by atoms with E-state index < -0.39 is 17.6 Å². The molecule has 0 aliphatic carbocycles. The van der Waals surface area contributed by atoms with Gasteiger partial charge in [-0.2, -0.15) is 18.3 Å². The molecule has 1 heterocycles. The second-order valence-electron chi connectivity index (χ2n) is 4.10. The van der Waals surface area contributed by atoms with Crippen molar-refractivity contribution in [3.63, 3.8) is 0 Å². The Hall–Kier alpha value is -2.51. The maximum absolute atomic E-state index is 12.4. The van der Waals surface area contributed by atoms with Gasteiger partial charge in [0.15, 0.2) is 0 Å². The van der Waals surface area contributed by atoms with E-state index in [2.05, 4.69) is 10.4 Å². The van der Waals surface area contributed by atoms with E-state index in [1.54, 1.807) is 24.3 Å². The molecule has 8 heteroatoms. The van der Waals surface area contributed by atoms with Gasteiger partial charge < -0.3 is 11.1 Å². The molecule has 1 amide bonds. The largest absolute Gasteiger partial charge is 0.419 e. The van der Waals surface area contributed by atoms with Crippen LogP contribution in [0.4, 0.5) is 24.5 Å². The molecule has 1 aromatic heterocycles. The summed E-state index contributed by atoms with van der Waals surface area (Å²) in [5.74, 6) is -0.493. The lowest BCUT2D eigenvalue weighted by Crippen LogP contribution is -2.19. The number of hydrogen-bond acceptors (Lipinski definition) is 3. The summed E-state index contributed by atoms with van der Waals surface area (Å²) in [5, 5.41) is 6.01. The van der Waals surface area contributed by atoms with Crippen molar-refractivity contribution in [3.8, 4) is 0 Å². The summed E-state index contributed by atoms with van der Waals surface area (Å²) in [6.45, 7) is -0.315. The van der Waals surface area contributed by atoms with E-state index in [0.29, 0.717) is 17.6 Å². The molecule has 0 fully saturated rings. The van der Waals surface area contributed by atoms with Crippen molar-refractivity contribution in [2.75, 3.05) is 11.1 Å². The van der Waals surface area contributed by atoms with Crippen molar-refractivity contribution in [1.82, 2.24) is 9.78 Å². The Labute approximate surface area is 112 Å². The zero-order valence-electron chi connectivity index (χ0n) is 10.2. The first-order valence-electron chi connectivity index (χ1n) is 5.59. The second-order valence-corrected chi connectivity index (χ2v) is 4.10. The van der Waals surface area contributed by atoms with Crippen LogP contribution in [0, 0.1) is 0 Å². The normalized spacial score (nSPS) is 11.3. The monoisotopic (exact) mass is 284 g/mol. The number of halogens is 3. The lowest BCUT2D eigenvalue weighted by molar-refractivity contribution is -0.137. The molecule has 0 saturated carbocycles. The van der Waals surface area contributed by atoms with Crippen LogP contribution >= 0.6 is 0 Å². The number of nitrogen functional groups attached to an aromatic ring is 1. The fourth-order valence-electron chi connectivity index (χ4n) is 1.56. The van der Waals surface area contributed by atoms with Crippen molar-refractivity contribution in [1.29, 1.82) is 0 Å². The number of benzene rings is 1. The molecule has 0 aliphatic rings. The van der Waals surface area contributed by atoms with Gasteiger partial charge in [-0.05, 0) is 18.2 Å². The number of alkyl halides is 3. The third-order valence-electron chi connectivity index (χ3n) is 2.44. The van der Waals surface area contributed by atoms with Crippen LogP contribution in [-0.2, 0) is 17.5 Å². The summed E-state index contributed by atoms with van der Waals surface area (Å²) in [7, 11) is 0. The van der Waals surface area contributed by atoms with Gasteiger partial charge in [-0.15, -0.1) is 0 Å². The quantitative estimate of drug-likeness (QED) is 0.848. The molecule has 0 radical (unpaired) electrons. The first kappa shape index (κ1) is 13.9. The smallest absolute Gasteiger partial charge is 0.399 e. The van der Waals surface area contributed by atoms with Crippen LogP contribution in [-0.4, -0.2) is 15.7 Å². The van der Waals surface area contributed by atoms with Crippen molar-refractivity contribution >= 4 is 17.3 Å². The summed E-state index contributed by atoms with van der Waals surface area (Å²) < 4.78 is 38.0. The lowest BCUT2D eigenvalue weighted by Gasteiger charge is -2.06. The maximum Gasteiger partial charge on any atom is 0.419 e. The van der Waals surface area contributed by atoms with E-state index in [0.717, 1.165) is 10.9 Å². The van der Waals surface area contributed by atoms with E-state index in [1.807, 2.05) is 0 Å². The van der Waals surface area contributed by atoms with Crippen LogP contribution < -0.4 is 11.1 Å². The third kappa shape index (κ3) is 3.50. The number of nitrogens with two attached hydrogens (primary N) is 1. The number of anilines is 2. The SMILES string of the molecule is Nc1cccc(NC(=O)Cn2cc(C(F)(F)F)cn2)c1. The highest BCUT2D eigenvalue weighted by Crippen LogP contribution is 2.28. The first-order chi connectivity index (χ1) is 9.34. The summed E-state index contributed by atoms with van der Waals surface area (Å²) >= 11 is 0. The van der Waals surface area contributed by atoms with Crippen LogP contribution in [0.1, 0.15) is 5.56 Å². The Morgan fingerprint density at radius 1 is 1.40 bits per heavy atom. The van der Waals surface area contributed by atoms with Crippen LogP contribution in [0.25, 0.3) is 0 Å². The fraction of sp³-hybridized carbons (Fsp3) is 0.167. The van der Waals surface area contributed by atoms with Gasteiger partial charge in [0.05, 0.1) is 11.8 Å². The molecule has 3 N–H and O–H groups in total. The van der Waals surface area contributed by atoms with Gasteiger partial charge in [0.1, 0.15) is 6.54 Å². The number of hydrogen-bond donors (Lipinski definition) is 2. The third-order valence-corrected chi connectivity index (χ3v) is 2.44. The molecule has 106 valence electrons. The molecular weight excluding hydrogens is 273 g/mol. The molecule has 5 nitrogen and oxygen atoms in total. The van der Waals surface area contributed by atoms with Crippen molar-refractivity contribution in [2.24, 2.45) is 0 Å². The van der Waals surface area contributed by atoms with Gasteiger partial charge in [0.2, 0.25) is 5.91 Å². The average Bonchev–Trinajstić information content (AvgIpc) is 2.76. The van der Waals surface area contributed by atoms with Gasteiger partial charge in [-0.3, -0.25) is 9.48 Å². The number of nitrogens with one attached hydrogen (secondary N) is 1. The van der Waals surface area contributed by atoms with Crippen molar-refractivity contribution < 1.29 is 18.0 Å². The number of amides is 1. The van der Waals surface area contributed by atoms with Gasteiger partial charge in [0, 0.05) is 17.6 Å². The average molecular weight is 284 g/mol. The van der Waals surface area contributed by atoms with Crippen LogP contribution in [0.5, 0.6) is 0 Å². The molecule has 2 aromatic rings. The highest BCUT2D eigenvalue weighted by atomic mass is 19.4. The second kappa shape index (κ2) is 5.24. The zero-order chi connectivity index (χ0) is 14.8.